The Bertz CT molecular complexity index is 181. The molecule has 2 aliphatic rings. The maximum absolute atomic E-state index is 4.21. The van der Waals surface area contributed by atoms with Gasteiger partial charge in [0.1, 0.15) is 0 Å². The van der Waals surface area contributed by atoms with Crippen LogP contribution in [-0.4, -0.2) is 30.2 Å². The summed E-state index contributed by atoms with van der Waals surface area (Å²) >= 11 is 0. The van der Waals surface area contributed by atoms with Crippen LogP contribution in [0.25, 0.3) is 0 Å². The van der Waals surface area contributed by atoms with E-state index in [-0.39, 0.29) is 0 Å². The molecule has 2 aliphatic heterocycles. The smallest absolute Gasteiger partial charge is 0.0670 e. The summed E-state index contributed by atoms with van der Waals surface area (Å²) in [6, 6.07) is 0.523. The van der Waals surface area contributed by atoms with Crippen molar-refractivity contribution in [3.8, 4) is 0 Å². The minimum Gasteiger partial charge on any atom is -0.364 e. The Hall–Kier alpha value is -1.05. The van der Waals surface area contributed by atoms with Crippen molar-refractivity contribution in [1.29, 1.82) is 0 Å². The molecule has 1 unspecified atom stereocenters. The molecule has 1 atom stereocenters. The summed E-state index contributed by atoms with van der Waals surface area (Å²) in [5.74, 6) is 0. The first kappa shape index (κ1) is 5.71. The lowest BCUT2D eigenvalue weighted by atomic mass is 10.1. The van der Waals surface area contributed by atoms with Crippen LogP contribution in [0.2, 0.25) is 0 Å². The number of nitrogens with zero attached hydrogens (tertiary/aromatic N) is 2. The van der Waals surface area contributed by atoms with Gasteiger partial charge in [-0.1, -0.05) is 12.2 Å². The van der Waals surface area contributed by atoms with Crippen LogP contribution < -0.4 is 0 Å². The van der Waals surface area contributed by atoms with E-state index in [1.54, 1.807) is 0 Å². The van der Waals surface area contributed by atoms with E-state index in [0.717, 1.165) is 13.1 Å². The molecule has 2 nitrogen and oxygen atoms in total. The van der Waals surface area contributed by atoms with Crippen molar-refractivity contribution in [3.63, 3.8) is 0 Å². The highest BCUT2D eigenvalue weighted by molar-refractivity contribution is 5.61. The van der Waals surface area contributed by atoms with Gasteiger partial charge in [0.15, 0.2) is 0 Å². The quantitative estimate of drug-likeness (QED) is 0.479. The van der Waals surface area contributed by atoms with Crippen molar-refractivity contribution < 1.29 is 0 Å². The van der Waals surface area contributed by atoms with E-state index in [1.807, 2.05) is 6.21 Å². The Morgan fingerprint density at radius 3 is 3.30 bits per heavy atom. The maximum Gasteiger partial charge on any atom is 0.0670 e. The van der Waals surface area contributed by atoms with Crippen LogP contribution in [0.15, 0.2) is 29.4 Å². The fourth-order valence-corrected chi connectivity index (χ4v) is 1.27. The Kier molecular flexibility index (Phi) is 1.31. The van der Waals surface area contributed by atoms with Crippen LogP contribution in [0.1, 0.15) is 0 Å². The molecule has 2 heteroatoms. The van der Waals surface area contributed by atoms with Gasteiger partial charge in [-0.05, 0) is 6.08 Å². The van der Waals surface area contributed by atoms with Gasteiger partial charge in [-0.15, -0.1) is 0 Å². The molecule has 0 amide bonds. The average molecular weight is 134 g/mol. The van der Waals surface area contributed by atoms with Crippen LogP contribution in [0.4, 0.5) is 0 Å². The lowest BCUT2D eigenvalue weighted by Gasteiger charge is -2.30. The summed E-state index contributed by atoms with van der Waals surface area (Å²) in [6.07, 6.45) is 10.4. The van der Waals surface area contributed by atoms with Crippen LogP contribution >= 0.6 is 0 Å². The van der Waals surface area contributed by atoms with Gasteiger partial charge in [-0.25, -0.2) is 0 Å². The summed E-state index contributed by atoms with van der Waals surface area (Å²) in [5.41, 5.74) is 0. The average Bonchev–Trinajstić information content (AvgIpc) is 2.05. The predicted octanol–water partition coefficient (Wildman–Crippen LogP) is 0.825. The number of aliphatic imine (C=N–C) groups is 1. The third-order valence-corrected chi connectivity index (χ3v) is 1.86. The fraction of sp³-hybridized carbons (Fsp3) is 0.375. The van der Waals surface area contributed by atoms with E-state index in [2.05, 4.69) is 34.3 Å². The molecule has 0 saturated heterocycles. The second kappa shape index (κ2) is 2.29. The van der Waals surface area contributed by atoms with Crippen molar-refractivity contribution >= 4 is 6.21 Å². The molecule has 0 radical (unpaired) electrons. The number of fused-ring (bicyclic) bond motifs is 1. The van der Waals surface area contributed by atoms with Crippen molar-refractivity contribution in [2.75, 3.05) is 13.1 Å². The molecule has 0 bridgehead atoms. The summed E-state index contributed by atoms with van der Waals surface area (Å²) in [6.45, 7) is 1.88. The molecule has 10 heavy (non-hydrogen) atoms. The van der Waals surface area contributed by atoms with Gasteiger partial charge in [0.05, 0.1) is 19.1 Å². The first-order valence-corrected chi connectivity index (χ1v) is 3.56. The van der Waals surface area contributed by atoms with Crippen molar-refractivity contribution in [2.24, 2.45) is 4.99 Å². The Balaban J connectivity index is 2.19. The maximum atomic E-state index is 4.21. The van der Waals surface area contributed by atoms with Gasteiger partial charge in [0.25, 0.3) is 0 Å². The van der Waals surface area contributed by atoms with Crippen LogP contribution in [0.3, 0.4) is 0 Å². The summed E-state index contributed by atoms with van der Waals surface area (Å²) < 4.78 is 0. The monoisotopic (exact) mass is 134 g/mol. The number of hydrogen-bond donors (Lipinski definition) is 0. The van der Waals surface area contributed by atoms with E-state index < -0.39 is 0 Å². The molecular weight excluding hydrogens is 124 g/mol. The number of hydrogen-bond acceptors (Lipinski definition) is 2. The highest BCUT2D eigenvalue weighted by Gasteiger charge is 2.14. The first-order valence-electron chi connectivity index (χ1n) is 3.56. The zero-order valence-corrected chi connectivity index (χ0v) is 5.77. The minimum atomic E-state index is 0.523. The highest BCUT2D eigenvalue weighted by Crippen LogP contribution is 2.09. The van der Waals surface area contributed by atoms with Crippen molar-refractivity contribution in [1.82, 2.24) is 4.90 Å². The fourth-order valence-electron chi connectivity index (χ4n) is 1.27. The highest BCUT2D eigenvalue weighted by atomic mass is 15.2. The second-order valence-electron chi connectivity index (χ2n) is 2.54. The predicted molar refractivity (Wildman–Crippen MR) is 42.1 cm³/mol. The van der Waals surface area contributed by atoms with E-state index in [9.17, 15) is 0 Å². The number of rotatable bonds is 0. The third kappa shape index (κ3) is 0.856. The molecule has 0 aromatic heterocycles. The second-order valence-corrected chi connectivity index (χ2v) is 2.54. The molecule has 2 heterocycles. The summed E-state index contributed by atoms with van der Waals surface area (Å²) in [7, 11) is 0. The molecule has 2 rings (SSSR count). The van der Waals surface area contributed by atoms with Crippen molar-refractivity contribution in [3.05, 3.63) is 24.4 Å². The lowest BCUT2D eigenvalue weighted by molar-refractivity contribution is 0.352. The summed E-state index contributed by atoms with van der Waals surface area (Å²) in [5, 5.41) is 0. The Morgan fingerprint density at radius 2 is 2.40 bits per heavy atom. The van der Waals surface area contributed by atoms with Gasteiger partial charge in [0.2, 0.25) is 0 Å². The Morgan fingerprint density at radius 1 is 1.40 bits per heavy atom. The molecule has 52 valence electrons. The molecule has 0 saturated carbocycles. The zero-order valence-electron chi connectivity index (χ0n) is 5.77. The molecule has 0 fully saturated rings. The Labute approximate surface area is 60.6 Å². The largest absolute Gasteiger partial charge is 0.364 e. The standard InChI is InChI=1S/C8H10N2/c1-2-5-10-6-4-9-7-8(10)3-1/h1-5,8H,6-7H2. The first-order chi connectivity index (χ1) is 4.97. The van der Waals surface area contributed by atoms with Gasteiger partial charge in [-0.3, -0.25) is 4.99 Å². The molecule has 0 aliphatic carbocycles. The normalized spacial score (nSPS) is 28.8. The van der Waals surface area contributed by atoms with Gasteiger partial charge >= 0.3 is 0 Å². The SMILES string of the molecule is C1=CC2CN=CCN2C=C1. The van der Waals surface area contributed by atoms with E-state index >= 15 is 0 Å². The van der Waals surface area contributed by atoms with Crippen LogP contribution in [0.5, 0.6) is 0 Å². The van der Waals surface area contributed by atoms with Crippen LogP contribution in [0, 0.1) is 0 Å². The molecule has 0 aromatic carbocycles. The molecular formula is C8H10N2. The zero-order chi connectivity index (χ0) is 6.81. The number of allylic oxidation sites excluding steroid dienone is 2. The van der Waals surface area contributed by atoms with Crippen LogP contribution in [-0.2, 0) is 0 Å². The van der Waals surface area contributed by atoms with E-state index in [4.69, 9.17) is 0 Å². The minimum absolute atomic E-state index is 0.523. The summed E-state index contributed by atoms with van der Waals surface area (Å²) in [4.78, 5) is 6.49. The van der Waals surface area contributed by atoms with Gasteiger partial charge in [-0.2, -0.15) is 0 Å². The van der Waals surface area contributed by atoms with Gasteiger partial charge < -0.3 is 4.90 Å². The molecule has 0 N–H and O–H groups in total. The third-order valence-electron chi connectivity index (χ3n) is 1.86. The molecule has 0 spiro atoms. The molecule has 0 aromatic rings. The van der Waals surface area contributed by atoms with E-state index in [1.165, 1.54) is 0 Å². The topological polar surface area (TPSA) is 15.6 Å². The lowest BCUT2D eigenvalue weighted by Crippen LogP contribution is -2.37. The van der Waals surface area contributed by atoms with Crippen molar-refractivity contribution in [2.45, 2.75) is 6.04 Å². The van der Waals surface area contributed by atoms with E-state index in [0.29, 0.717) is 6.04 Å². The van der Waals surface area contributed by atoms with Gasteiger partial charge in [0, 0.05) is 12.4 Å².